The van der Waals surface area contributed by atoms with E-state index in [1.165, 1.54) is 11.1 Å². The Balaban J connectivity index is 1.85. The summed E-state index contributed by atoms with van der Waals surface area (Å²) in [7, 11) is 0. The standard InChI is InChI=1S/C17H22N2O/c1-13-8-9-17(12-18,16-7-3-2-6-15(13)16)19-11-14-5-4-10-20-14/h2-3,6-7,13-14,19H,4-5,8-11H2,1H3. The number of rotatable bonds is 3. The zero-order valence-corrected chi connectivity index (χ0v) is 12.1. The zero-order chi connectivity index (χ0) is 14.0. The second-order valence-corrected chi connectivity index (χ2v) is 6.06. The molecule has 0 radical (unpaired) electrons. The Bertz CT molecular complexity index is 516. The number of nitriles is 1. The van der Waals surface area contributed by atoms with Crippen LogP contribution >= 0.6 is 0 Å². The first-order valence-corrected chi connectivity index (χ1v) is 7.62. The third-order valence-electron chi connectivity index (χ3n) is 4.75. The Morgan fingerprint density at radius 1 is 1.40 bits per heavy atom. The highest BCUT2D eigenvalue weighted by atomic mass is 16.5. The van der Waals surface area contributed by atoms with E-state index in [2.05, 4.69) is 36.5 Å². The third kappa shape index (κ3) is 2.34. The minimum atomic E-state index is -0.533. The summed E-state index contributed by atoms with van der Waals surface area (Å²) in [6.07, 6.45) is 4.45. The van der Waals surface area contributed by atoms with Crippen LogP contribution in [0.1, 0.15) is 49.7 Å². The molecule has 2 aliphatic rings. The van der Waals surface area contributed by atoms with Crippen LogP contribution < -0.4 is 5.32 Å². The fraction of sp³-hybridized carbons (Fsp3) is 0.588. The predicted octanol–water partition coefficient (Wildman–Crippen LogP) is 3.07. The monoisotopic (exact) mass is 270 g/mol. The average Bonchev–Trinajstić information content (AvgIpc) is 3.01. The molecule has 0 aromatic heterocycles. The molecule has 1 heterocycles. The molecule has 1 N–H and O–H groups in total. The SMILES string of the molecule is CC1CCC(C#N)(NCC2CCCO2)c2ccccc21. The van der Waals surface area contributed by atoms with Gasteiger partial charge in [0.2, 0.25) is 0 Å². The lowest BCUT2D eigenvalue weighted by Crippen LogP contribution is -2.47. The van der Waals surface area contributed by atoms with Gasteiger partial charge in [0.05, 0.1) is 12.2 Å². The average molecular weight is 270 g/mol. The molecule has 0 spiro atoms. The van der Waals surface area contributed by atoms with Gasteiger partial charge in [0.25, 0.3) is 0 Å². The maximum atomic E-state index is 9.80. The summed E-state index contributed by atoms with van der Waals surface area (Å²) >= 11 is 0. The van der Waals surface area contributed by atoms with Crippen LogP contribution in [0, 0.1) is 11.3 Å². The molecular formula is C17H22N2O. The van der Waals surface area contributed by atoms with Crippen molar-refractivity contribution in [3.05, 3.63) is 35.4 Å². The van der Waals surface area contributed by atoms with Gasteiger partial charge >= 0.3 is 0 Å². The second kappa shape index (κ2) is 5.55. The molecule has 1 aliphatic carbocycles. The van der Waals surface area contributed by atoms with Crippen molar-refractivity contribution in [1.82, 2.24) is 5.32 Å². The molecule has 0 bridgehead atoms. The molecule has 3 unspecified atom stereocenters. The van der Waals surface area contributed by atoms with Crippen molar-refractivity contribution >= 4 is 0 Å². The van der Waals surface area contributed by atoms with E-state index in [-0.39, 0.29) is 6.10 Å². The summed E-state index contributed by atoms with van der Waals surface area (Å²) in [6.45, 7) is 3.88. The Kier molecular flexibility index (Phi) is 3.78. The fourth-order valence-corrected chi connectivity index (χ4v) is 3.47. The second-order valence-electron chi connectivity index (χ2n) is 6.06. The van der Waals surface area contributed by atoms with Gasteiger partial charge in [0, 0.05) is 13.2 Å². The van der Waals surface area contributed by atoms with E-state index in [1.807, 2.05) is 6.07 Å². The van der Waals surface area contributed by atoms with Crippen LogP contribution in [0.25, 0.3) is 0 Å². The van der Waals surface area contributed by atoms with Crippen LogP contribution in [-0.2, 0) is 10.3 Å². The molecule has 0 amide bonds. The highest BCUT2D eigenvalue weighted by molar-refractivity contribution is 5.42. The van der Waals surface area contributed by atoms with Crippen molar-refractivity contribution in [3.63, 3.8) is 0 Å². The third-order valence-corrected chi connectivity index (χ3v) is 4.75. The Morgan fingerprint density at radius 2 is 2.25 bits per heavy atom. The van der Waals surface area contributed by atoms with E-state index < -0.39 is 5.54 Å². The molecule has 1 aromatic rings. The summed E-state index contributed by atoms with van der Waals surface area (Å²) in [6, 6.07) is 10.9. The molecule has 3 atom stereocenters. The van der Waals surface area contributed by atoms with Gasteiger partial charge in [-0.25, -0.2) is 0 Å². The molecule has 0 saturated carbocycles. The molecule has 1 fully saturated rings. The molecule has 3 rings (SSSR count). The molecule has 106 valence electrons. The van der Waals surface area contributed by atoms with Gasteiger partial charge in [-0.15, -0.1) is 0 Å². The Hall–Kier alpha value is -1.37. The minimum absolute atomic E-state index is 0.270. The van der Waals surface area contributed by atoms with E-state index >= 15 is 0 Å². The number of hydrogen-bond acceptors (Lipinski definition) is 3. The van der Waals surface area contributed by atoms with Crippen molar-refractivity contribution in [2.45, 2.75) is 50.2 Å². The summed E-state index contributed by atoms with van der Waals surface area (Å²) in [5, 5.41) is 13.3. The lowest BCUT2D eigenvalue weighted by Gasteiger charge is -2.37. The van der Waals surface area contributed by atoms with Crippen molar-refractivity contribution in [3.8, 4) is 6.07 Å². The molecule has 1 aliphatic heterocycles. The highest BCUT2D eigenvalue weighted by Gasteiger charge is 2.39. The van der Waals surface area contributed by atoms with Gasteiger partial charge in [0.1, 0.15) is 5.54 Å². The van der Waals surface area contributed by atoms with Crippen LogP contribution in [0.4, 0.5) is 0 Å². The van der Waals surface area contributed by atoms with E-state index in [0.29, 0.717) is 5.92 Å². The van der Waals surface area contributed by atoms with Gasteiger partial charge in [-0.05, 0) is 42.7 Å². The summed E-state index contributed by atoms with van der Waals surface area (Å²) < 4.78 is 5.67. The van der Waals surface area contributed by atoms with Crippen LogP contribution in [-0.4, -0.2) is 19.3 Å². The van der Waals surface area contributed by atoms with Gasteiger partial charge in [-0.1, -0.05) is 31.2 Å². The van der Waals surface area contributed by atoms with Crippen LogP contribution in [0.2, 0.25) is 0 Å². The zero-order valence-electron chi connectivity index (χ0n) is 12.1. The molecule has 20 heavy (non-hydrogen) atoms. The maximum absolute atomic E-state index is 9.80. The van der Waals surface area contributed by atoms with E-state index in [0.717, 1.165) is 38.8 Å². The van der Waals surface area contributed by atoms with Crippen LogP contribution in [0.3, 0.4) is 0 Å². The molecular weight excluding hydrogens is 248 g/mol. The Morgan fingerprint density at radius 3 is 3.00 bits per heavy atom. The quantitative estimate of drug-likeness (QED) is 0.918. The molecule has 1 saturated heterocycles. The maximum Gasteiger partial charge on any atom is 0.132 e. The lowest BCUT2D eigenvalue weighted by atomic mass is 9.73. The van der Waals surface area contributed by atoms with Crippen molar-refractivity contribution in [1.29, 1.82) is 5.26 Å². The van der Waals surface area contributed by atoms with Crippen molar-refractivity contribution < 1.29 is 4.74 Å². The van der Waals surface area contributed by atoms with E-state index in [1.54, 1.807) is 0 Å². The van der Waals surface area contributed by atoms with E-state index in [4.69, 9.17) is 4.74 Å². The topological polar surface area (TPSA) is 45.0 Å². The predicted molar refractivity (Wildman–Crippen MR) is 78.4 cm³/mol. The van der Waals surface area contributed by atoms with Crippen LogP contribution in [0.15, 0.2) is 24.3 Å². The number of hydrogen-bond donors (Lipinski definition) is 1. The molecule has 3 heteroatoms. The highest BCUT2D eigenvalue weighted by Crippen LogP contribution is 2.40. The van der Waals surface area contributed by atoms with Crippen LogP contribution in [0.5, 0.6) is 0 Å². The number of nitrogens with one attached hydrogen (secondary N) is 1. The first-order valence-electron chi connectivity index (χ1n) is 7.62. The number of benzene rings is 1. The first-order chi connectivity index (χ1) is 9.75. The normalized spacial score (nSPS) is 32.6. The summed E-state index contributed by atoms with van der Waals surface area (Å²) in [5.41, 5.74) is 1.95. The first kappa shape index (κ1) is 13.6. The van der Waals surface area contributed by atoms with Gasteiger partial charge in [-0.2, -0.15) is 5.26 Å². The number of ether oxygens (including phenoxy) is 1. The largest absolute Gasteiger partial charge is 0.377 e. The van der Waals surface area contributed by atoms with Crippen molar-refractivity contribution in [2.75, 3.05) is 13.2 Å². The minimum Gasteiger partial charge on any atom is -0.377 e. The summed E-state index contributed by atoms with van der Waals surface area (Å²) in [5.74, 6) is 0.539. The van der Waals surface area contributed by atoms with Gasteiger partial charge in [-0.3, -0.25) is 5.32 Å². The molecule has 1 aromatic carbocycles. The lowest BCUT2D eigenvalue weighted by molar-refractivity contribution is 0.102. The smallest absolute Gasteiger partial charge is 0.132 e. The van der Waals surface area contributed by atoms with Gasteiger partial charge in [0.15, 0.2) is 0 Å². The molecule has 3 nitrogen and oxygen atoms in total. The summed E-state index contributed by atoms with van der Waals surface area (Å²) in [4.78, 5) is 0. The Labute approximate surface area is 120 Å². The number of nitrogens with zero attached hydrogens (tertiary/aromatic N) is 1. The van der Waals surface area contributed by atoms with Crippen molar-refractivity contribution in [2.24, 2.45) is 0 Å². The number of fused-ring (bicyclic) bond motifs is 1. The fourth-order valence-electron chi connectivity index (χ4n) is 3.47. The van der Waals surface area contributed by atoms with Gasteiger partial charge < -0.3 is 4.74 Å². The van der Waals surface area contributed by atoms with E-state index in [9.17, 15) is 5.26 Å².